The topological polar surface area (TPSA) is 67.2 Å². The summed E-state index contributed by atoms with van der Waals surface area (Å²) < 4.78 is 1.82. The van der Waals surface area contributed by atoms with Crippen molar-refractivity contribution in [1.82, 2.24) is 14.7 Å². The van der Waals surface area contributed by atoms with Crippen molar-refractivity contribution in [1.29, 1.82) is 0 Å². The monoisotopic (exact) mass is 382 g/mol. The summed E-state index contributed by atoms with van der Waals surface area (Å²) in [5, 5.41) is 7.38. The lowest BCUT2D eigenvalue weighted by molar-refractivity contribution is -0.136. The van der Waals surface area contributed by atoms with E-state index in [1.165, 1.54) is 0 Å². The minimum atomic E-state index is -0.276. The summed E-state index contributed by atoms with van der Waals surface area (Å²) in [6, 6.07) is 11.3. The van der Waals surface area contributed by atoms with Crippen LogP contribution in [0.4, 0.5) is 5.69 Å². The first kappa shape index (κ1) is 20.1. The predicted octanol–water partition coefficient (Wildman–Crippen LogP) is 3.72. The van der Waals surface area contributed by atoms with Gasteiger partial charge in [-0.3, -0.25) is 14.3 Å². The second kappa shape index (κ2) is 9.04. The molecule has 6 heteroatoms. The molecule has 0 aliphatic carbocycles. The molecule has 1 saturated heterocycles. The molecule has 1 N–H and O–H groups in total. The van der Waals surface area contributed by atoms with E-state index in [-0.39, 0.29) is 17.9 Å². The third kappa shape index (κ3) is 5.00. The molecule has 0 spiro atoms. The van der Waals surface area contributed by atoms with Gasteiger partial charge in [0.25, 0.3) is 0 Å². The van der Waals surface area contributed by atoms with E-state index in [1.54, 1.807) is 0 Å². The molecular formula is C22H30N4O2. The van der Waals surface area contributed by atoms with E-state index in [4.69, 9.17) is 0 Å². The molecule has 1 atom stereocenters. The lowest BCUT2D eigenvalue weighted by atomic mass is 9.91. The Morgan fingerprint density at radius 3 is 2.46 bits per heavy atom. The second-order valence-corrected chi connectivity index (χ2v) is 7.77. The molecule has 1 aromatic heterocycles. The Bertz CT molecular complexity index is 807. The van der Waals surface area contributed by atoms with E-state index in [0.717, 1.165) is 49.4 Å². The first-order valence-electron chi connectivity index (χ1n) is 10.1. The van der Waals surface area contributed by atoms with Crippen LogP contribution in [-0.4, -0.2) is 39.6 Å². The van der Waals surface area contributed by atoms with Gasteiger partial charge in [-0.05, 0) is 64.2 Å². The fourth-order valence-corrected chi connectivity index (χ4v) is 3.93. The summed E-state index contributed by atoms with van der Waals surface area (Å²) in [4.78, 5) is 26.9. The number of rotatable bonds is 6. The Balaban J connectivity index is 1.43. The number of para-hydroxylation sites is 1. The van der Waals surface area contributed by atoms with Crippen molar-refractivity contribution in [2.45, 2.75) is 52.5 Å². The smallest absolute Gasteiger partial charge is 0.247 e. The number of hydrogen-bond donors (Lipinski definition) is 1. The Morgan fingerprint density at radius 1 is 1.18 bits per heavy atom. The maximum absolute atomic E-state index is 12.8. The maximum atomic E-state index is 12.8. The van der Waals surface area contributed by atoms with Crippen LogP contribution in [0.1, 0.15) is 50.0 Å². The lowest BCUT2D eigenvalue weighted by Crippen LogP contribution is -2.42. The SMILES string of the molecule is Cc1cc(C)n(C(C)C(=O)N2CCC(CCC(=O)Nc3ccccc3)CC2)n1. The first-order valence-corrected chi connectivity index (χ1v) is 10.1. The molecule has 2 amide bonds. The zero-order chi connectivity index (χ0) is 20.1. The van der Waals surface area contributed by atoms with Crippen LogP contribution in [0.3, 0.4) is 0 Å². The van der Waals surface area contributed by atoms with Gasteiger partial charge in [0.1, 0.15) is 6.04 Å². The van der Waals surface area contributed by atoms with Gasteiger partial charge in [0, 0.05) is 30.9 Å². The van der Waals surface area contributed by atoms with Crippen LogP contribution in [0.15, 0.2) is 36.4 Å². The van der Waals surface area contributed by atoms with Gasteiger partial charge < -0.3 is 10.2 Å². The van der Waals surface area contributed by atoms with Crippen molar-refractivity contribution in [2.24, 2.45) is 5.92 Å². The highest BCUT2D eigenvalue weighted by molar-refractivity contribution is 5.90. The highest BCUT2D eigenvalue weighted by atomic mass is 16.2. The number of carbonyl (C=O) groups is 2. The Morgan fingerprint density at radius 2 is 1.86 bits per heavy atom. The van der Waals surface area contributed by atoms with Crippen molar-refractivity contribution >= 4 is 17.5 Å². The number of benzene rings is 1. The molecule has 1 unspecified atom stereocenters. The molecule has 1 aromatic carbocycles. The lowest BCUT2D eigenvalue weighted by Gasteiger charge is -2.33. The molecule has 1 aliphatic rings. The van der Waals surface area contributed by atoms with Gasteiger partial charge in [-0.15, -0.1) is 0 Å². The second-order valence-electron chi connectivity index (χ2n) is 7.77. The molecule has 1 fully saturated rings. The van der Waals surface area contributed by atoms with Crippen molar-refractivity contribution in [3.05, 3.63) is 47.8 Å². The number of aromatic nitrogens is 2. The highest BCUT2D eigenvalue weighted by Gasteiger charge is 2.28. The Hall–Kier alpha value is -2.63. The van der Waals surface area contributed by atoms with Gasteiger partial charge in [-0.1, -0.05) is 18.2 Å². The molecule has 0 radical (unpaired) electrons. The average Bonchev–Trinajstić information content (AvgIpc) is 3.04. The number of likely N-dealkylation sites (tertiary alicyclic amines) is 1. The molecule has 1 aliphatic heterocycles. The van der Waals surface area contributed by atoms with Crippen molar-refractivity contribution in [2.75, 3.05) is 18.4 Å². The normalized spacial score (nSPS) is 16.0. The van der Waals surface area contributed by atoms with E-state index in [1.807, 2.05) is 66.8 Å². The third-order valence-electron chi connectivity index (χ3n) is 5.53. The van der Waals surface area contributed by atoms with Crippen LogP contribution < -0.4 is 5.32 Å². The van der Waals surface area contributed by atoms with Crippen molar-refractivity contribution in [3.8, 4) is 0 Å². The summed E-state index contributed by atoms with van der Waals surface area (Å²) in [5.41, 5.74) is 2.79. The van der Waals surface area contributed by atoms with E-state index >= 15 is 0 Å². The Labute approximate surface area is 166 Å². The van der Waals surface area contributed by atoms with Crippen LogP contribution in [0.2, 0.25) is 0 Å². The summed E-state index contributed by atoms with van der Waals surface area (Å²) in [7, 11) is 0. The van der Waals surface area contributed by atoms with Gasteiger partial charge in [0.15, 0.2) is 0 Å². The van der Waals surface area contributed by atoms with E-state index in [2.05, 4.69) is 10.4 Å². The van der Waals surface area contributed by atoms with Crippen LogP contribution in [0, 0.1) is 19.8 Å². The van der Waals surface area contributed by atoms with Crippen molar-refractivity contribution < 1.29 is 9.59 Å². The van der Waals surface area contributed by atoms with Gasteiger partial charge in [-0.2, -0.15) is 5.10 Å². The first-order chi connectivity index (χ1) is 13.4. The molecule has 0 bridgehead atoms. The number of piperidine rings is 1. The van der Waals surface area contributed by atoms with Crippen LogP contribution in [0.5, 0.6) is 0 Å². The summed E-state index contributed by atoms with van der Waals surface area (Å²) in [5.74, 6) is 0.684. The van der Waals surface area contributed by atoms with Gasteiger partial charge in [0.05, 0.1) is 5.69 Å². The van der Waals surface area contributed by atoms with E-state index in [9.17, 15) is 9.59 Å². The number of anilines is 1. The van der Waals surface area contributed by atoms with Crippen molar-refractivity contribution in [3.63, 3.8) is 0 Å². The number of nitrogens with zero attached hydrogens (tertiary/aromatic N) is 3. The van der Waals surface area contributed by atoms with Crippen LogP contribution in [0.25, 0.3) is 0 Å². The molecule has 2 aromatic rings. The van der Waals surface area contributed by atoms with Crippen LogP contribution in [-0.2, 0) is 9.59 Å². The van der Waals surface area contributed by atoms with Gasteiger partial charge >= 0.3 is 0 Å². The fraction of sp³-hybridized carbons (Fsp3) is 0.500. The van der Waals surface area contributed by atoms with E-state index < -0.39 is 0 Å². The zero-order valence-corrected chi connectivity index (χ0v) is 17.0. The highest BCUT2D eigenvalue weighted by Crippen LogP contribution is 2.24. The minimum Gasteiger partial charge on any atom is -0.341 e. The molecular weight excluding hydrogens is 352 g/mol. The molecule has 28 heavy (non-hydrogen) atoms. The summed E-state index contributed by atoms with van der Waals surface area (Å²) in [6.07, 6.45) is 3.30. The molecule has 0 saturated carbocycles. The summed E-state index contributed by atoms with van der Waals surface area (Å²) >= 11 is 0. The van der Waals surface area contributed by atoms with Crippen LogP contribution >= 0.6 is 0 Å². The number of amides is 2. The number of nitrogens with one attached hydrogen (secondary N) is 1. The van der Waals surface area contributed by atoms with E-state index in [0.29, 0.717) is 12.3 Å². The molecule has 6 nitrogen and oxygen atoms in total. The largest absolute Gasteiger partial charge is 0.341 e. The number of carbonyl (C=O) groups excluding carboxylic acids is 2. The average molecular weight is 383 g/mol. The predicted molar refractivity (Wildman–Crippen MR) is 110 cm³/mol. The molecule has 2 heterocycles. The third-order valence-corrected chi connectivity index (χ3v) is 5.53. The van der Waals surface area contributed by atoms with Gasteiger partial charge in [0.2, 0.25) is 11.8 Å². The zero-order valence-electron chi connectivity index (χ0n) is 17.0. The maximum Gasteiger partial charge on any atom is 0.247 e. The minimum absolute atomic E-state index is 0.0582. The number of aryl methyl sites for hydroxylation is 2. The molecule has 150 valence electrons. The summed E-state index contributed by atoms with van der Waals surface area (Å²) in [6.45, 7) is 7.36. The number of hydrogen-bond acceptors (Lipinski definition) is 3. The molecule has 3 rings (SSSR count). The standard InChI is InChI=1S/C22H30N4O2/c1-16-15-17(2)26(24-16)18(3)22(28)25-13-11-19(12-14-25)9-10-21(27)23-20-7-5-4-6-8-20/h4-8,15,18-19H,9-14H2,1-3H3,(H,23,27). The Kier molecular flexibility index (Phi) is 6.49. The quantitative estimate of drug-likeness (QED) is 0.828. The van der Waals surface area contributed by atoms with Gasteiger partial charge in [-0.25, -0.2) is 0 Å². The fourth-order valence-electron chi connectivity index (χ4n) is 3.93.